The van der Waals surface area contributed by atoms with Crippen molar-refractivity contribution in [2.45, 2.75) is 52.2 Å². The van der Waals surface area contributed by atoms with Crippen LogP contribution in [0, 0.1) is 0 Å². The van der Waals surface area contributed by atoms with Crippen molar-refractivity contribution in [3.05, 3.63) is 17.0 Å². The van der Waals surface area contributed by atoms with E-state index in [-0.39, 0.29) is 5.78 Å². The molecular weight excluding hydrogens is 207 g/mol. The number of aromatic nitrogens is 2. The van der Waals surface area contributed by atoms with E-state index in [1.165, 1.54) is 6.92 Å². The molecule has 88 valence electrons. The van der Waals surface area contributed by atoms with Crippen LogP contribution in [-0.4, -0.2) is 15.6 Å². The Morgan fingerprint density at radius 3 is 2.88 bits per heavy atom. The summed E-state index contributed by atoms with van der Waals surface area (Å²) in [6, 6.07) is 0. The molecule has 1 atom stereocenters. The number of halogens is 1. The molecule has 0 amide bonds. The van der Waals surface area contributed by atoms with E-state index < -0.39 is 5.67 Å². The van der Waals surface area contributed by atoms with Crippen molar-refractivity contribution in [1.82, 2.24) is 9.78 Å². The van der Waals surface area contributed by atoms with Crippen molar-refractivity contribution in [2.24, 2.45) is 0 Å². The first-order valence-electron chi connectivity index (χ1n) is 5.77. The molecule has 1 aliphatic rings. The highest BCUT2D eigenvalue weighted by molar-refractivity contribution is 5.94. The number of ketones is 1. The molecule has 0 saturated carbocycles. The van der Waals surface area contributed by atoms with E-state index in [1.807, 2.05) is 6.92 Å². The van der Waals surface area contributed by atoms with Gasteiger partial charge in [-0.2, -0.15) is 5.10 Å². The van der Waals surface area contributed by atoms with E-state index >= 15 is 0 Å². The van der Waals surface area contributed by atoms with Gasteiger partial charge in [0.05, 0.1) is 0 Å². The quantitative estimate of drug-likeness (QED) is 0.724. The Labute approximate surface area is 94.6 Å². The zero-order valence-electron chi connectivity index (χ0n) is 10.0. The summed E-state index contributed by atoms with van der Waals surface area (Å²) >= 11 is 0. The van der Waals surface area contributed by atoms with Crippen LogP contribution in [0.1, 0.15) is 55.4 Å². The maximum absolute atomic E-state index is 14.4. The van der Waals surface area contributed by atoms with Crippen molar-refractivity contribution in [3.8, 4) is 0 Å². The van der Waals surface area contributed by atoms with Crippen LogP contribution in [0.25, 0.3) is 0 Å². The van der Waals surface area contributed by atoms with E-state index in [0.29, 0.717) is 24.2 Å². The van der Waals surface area contributed by atoms with Gasteiger partial charge in [0.15, 0.2) is 5.78 Å². The number of hydrogen-bond acceptors (Lipinski definition) is 2. The Bertz CT molecular complexity index is 434. The summed E-state index contributed by atoms with van der Waals surface area (Å²) in [7, 11) is 0. The maximum Gasteiger partial charge on any atom is 0.180 e. The second-order valence-electron chi connectivity index (χ2n) is 4.59. The van der Waals surface area contributed by atoms with Gasteiger partial charge in [-0.1, -0.05) is 0 Å². The van der Waals surface area contributed by atoms with Gasteiger partial charge in [0.1, 0.15) is 11.4 Å². The average Bonchev–Trinajstić information content (AvgIpc) is 2.57. The number of nitrogens with zero attached hydrogens (tertiary/aromatic N) is 2. The van der Waals surface area contributed by atoms with E-state index in [2.05, 4.69) is 5.10 Å². The number of rotatable bonds is 2. The first kappa shape index (κ1) is 11.3. The molecule has 1 heterocycles. The first-order valence-corrected chi connectivity index (χ1v) is 5.77. The van der Waals surface area contributed by atoms with E-state index in [4.69, 9.17) is 0 Å². The molecular formula is C12H17FN2O. The number of Topliss-reactive ketones (excluding diaryl/α,β-unsaturated/α-hetero) is 1. The average molecular weight is 224 g/mol. The molecule has 1 aromatic rings. The Hall–Kier alpha value is -1.19. The van der Waals surface area contributed by atoms with Gasteiger partial charge in [-0.15, -0.1) is 0 Å². The minimum absolute atomic E-state index is 0.144. The Morgan fingerprint density at radius 2 is 2.31 bits per heavy atom. The SMILES string of the molecule is CCn1nc(C(C)=O)c2c1CCCC2(C)F. The van der Waals surface area contributed by atoms with E-state index in [0.717, 1.165) is 18.5 Å². The summed E-state index contributed by atoms with van der Waals surface area (Å²) in [6.07, 6.45) is 2.13. The number of carbonyl (C=O) groups is 1. The van der Waals surface area contributed by atoms with Crippen molar-refractivity contribution in [3.63, 3.8) is 0 Å². The van der Waals surface area contributed by atoms with Crippen molar-refractivity contribution >= 4 is 5.78 Å². The van der Waals surface area contributed by atoms with Gasteiger partial charge >= 0.3 is 0 Å². The van der Waals surface area contributed by atoms with Gasteiger partial charge < -0.3 is 0 Å². The molecule has 3 nitrogen and oxygen atoms in total. The molecule has 0 spiro atoms. The minimum Gasteiger partial charge on any atom is -0.293 e. The summed E-state index contributed by atoms with van der Waals surface area (Å²) in [5.41, 5.74) is 0.362. The normalized spacial score (nSPS) is 24.2. The lowest BCUT2D eigenvalue weighted by Crippen LogP contribution is -2.24. The fourth-order valence-corrected chi connectivity index (χ4v) is 2.52. The molecule has 0 bridgehead atoms. The molecule has 2 rings (SSSR count). The van der Waals surface area contributed by atoms with Crippen LogP contribution in [0.4, 0.5) is 4.39 Å². The van der Waals surface area contributed by atoms with Crippen molar-refractivity contribution < 1.29 is 9.18 Å². The summed E-state index contributed by atoms with van der Waals surface area (Å²) in [4.78, 5) is 11.5. The van der Waals surface area contributed by atoms with Crippen LogP contribution in [0.15, 0.2) is 0 Å². The topological polar surface area (TPSA) is 34.9 Å². The predicted molar refractivity (Wildman–Crippen MR) is 59.3 cm³/mol. The number of fused-ring (bicyclic) bond motifs is 1. The molecule has 0 fully saturated rings. The van der Waals surface area contributed by atoms with Crippen molar-refractivity contribution in [2.75, 3.05) is 0 Å². The first-order chi connectivity index (χ1) is 7.47. The summed E-state index contributed by atoms with van der Waals surface area (Å²) in [5, 5.41) is 4.23. The molecule has 0 saturated heterocycles. The van der Waals surface area contributed by atoms with Gasteiger partial charge in [-0.3, -0.25) is 9.48 Å². The van der Waals surface area contributed by atoms with Crippen LogP contribution >= 0.6 is 0 Å². The lowest BCUT2D eigenvalue weighted by molar-refractivity contribution is 0.0995. The maximum atomic E-state index is 14.4. The molecule has 4 heteroatoms. The van der Waals surface area contributed by atoms with Crippen LogP contribution in [0.5, 0.6) is 0 Å². The fourth-order valence-electron chi connectivity index (χ4n) is 2.52. The predicted octanol–water partition coefficient (Wildman–Crippen LogP) is 2.63. The minimum atomic E-state index is -1.40. The zero-order valence-corrected chi connectivity index (χ0v) is 10.0. The Morgan fingerprint density at radius 1 is 1.62 bits per heavy atom. The summed E-state index contributed by atoms with van der Waals surface area (Å²) in [6.45, 7) is 5.65. The fraction of sp³-hybridized carbons (Fsp3) is 0.667. The highest BCUT2D eigenvalue weighted by Gasteiger charge is 2.38. The standard InChI is InChI=1S/C12H17FN2O/c1-4-15-9-6-5-7-12(3,13)10(9)11(14-15)8(2)16/h4-7H2,1-3H3. The van der Waals surface area contributed by atoms with Gasteiger partial charge in [-0.25, -0.2) is 4.39 Å². The van der Waals surface area contributed by atoms with Gasteiger partial charge in [0.25, 0.3) is 0 Å². The Balaban J connectivity index is 2.66. The third kappa shape index (κ3) is 1.56. The summed E-state index contributed by atoms with van der Waals surface area (Å²) in [5.74, 6) is -0.144. The van der Waals surface area contributed by atoms with Crippen molar-refractivity contribution in [1.29, 1.82) is 0 Å². The second-order valence-corrected chi connectivity index (χ2v) is 4.59. The van der Waals surface area contributed by atoms with Gasteiger partial charge in [-0.05, 0) is 33.1 Å². The molecule has 0 radical (unpaired) electrons. The largest absolute Gasteiger partial charge is 0.293 e. The third-order valence-corrected chi connectivity index (χ3v) is 3.27. The third-order valence-electron chi connectivity index (χ3n) is 3.27. The lowest BCUT2D eigenvalue weighted by atomic mass is 9.83. The van der Waals surface area contributed by atoms with Crippen LogP contribution in [0.2, 0.25) is 0 Å². The van der Waals surface area contributed by atoms with Crippen LogP contribution < -0.4 is 0 Å². The lowest BCUT2D eigenvalue weighted by Gasteiger charge is -2.26. The smallest absolute Gasteiger partial charge is 0.180 e. The van der Waals surface area contributed by atoms with Gasteiger partial charge in [0, 0.05) is 24.7 Å². The molecule has 0 N–H and O–H groups in total. The number of aryl methyl sites for hydroxylation is 1. The highest BCUT2D eigenvalue weighted by atomic mass is 19.1. The monoisotopic (exact) mass is 224 g/mol. The second kappa shape index (κ2) is 3.68. The van der Waals surface area contributed by atoms with E-state index in [9.17, 15) is 9.18 Å². The molecule has 1 aliphatic carbocycles. The summed E-state index contributed by atoms with van der Waals surface area (Å²) < 4.78 is 16.2. The molecule has 0 aliphatic heterocycles. The van der Waals surface area contributed by atoms with Crippen LogP contribution in [0.3, 0.4) is 0 Å². The molecule has 1 aromatic heterocycles. The number of alkyl halides is 1. The van der Waals surface area contributed by atoms with Crippen LogP contribution in [-0.2, 0) is 18.6 Å². The Kier molecular flexibility index (Phi) is 2.60. The molecule has 0 aromatic carbocycles. The van der Waals surface area contributed by atoms with Gasteiger partial charge in [0.2, 0.25) is 0 Å². The number of hydrogen-bond donors (Lipinski definition) is 0. The highest BCUT2D eigenvalue weighted by Crippen LogP contribution is 2.40. The molecule has 1 unspecified atom stereocenters. The molecule has 16 heavy (non-hydrogen) atoms. The van der Waals surface area contributed by atoms with E-state index in [1.54, 1.807) is 11.6 Å². The zero-order chi connectivity index (χ0) is 11.9. The number of carbonyl (C=O) groups excluding carboxylic acids is 1.